The first-order valence-corrected chi connectivity index (χ1v) is 12.5. The number of nitrogens with zero attached hydrogens (tertiary/aromatic N) is 3. The average Bonchev–Trinajstić information content (AvgIpc) is 3.14. The number of nitrogens with one attached hydrogen (secondary N) is 1. The molecule has 2 aromatic carbocycles. The van der Waals surface area contributed by atoms with Gasteiger partial charge in [-0.2, -0.15) is 0 Å². The number of rotatable bonds is 6. The van der Waals surface area contributed by atoms with Gasteiger partial charge >= 0.3 is 0 Å². The summed E-state index contributed by atoms with van der Waals surface area (Å²) < 4.78 is 25.5. The molecule has 3 aromatic rings. The van der Waals surface area contributed by atoms with Crippen molar-refractivity contribution in [3.63, 3.8) is 0 Å². The first-order valence-electron chi connectivity index (χ1n) is 10.1. The van der Waals surface area contributed by atoms with Crippen molar-refractivity contribution >= 4 is 45.1 Å². The second-order valence-electron chi connectivity index (χ2n) is 7.27. The third-order valence-electron chi connectivity index (χ3n) is 4.91. The number of aromatic nitrogens is 2. The van der Waals surface area contributed by atoms with Crippen LogP contribution in [0.4, 0.5) is 11.4 Å². The zero-order valence-electron chi connectivity index (χ0n) is 17.4. The van der Waals surface area contributed by atoms with Crippen LogP contribution in [-0.2, 0) is 14.8 Å². The monoisotopic (exact) mass is 466 g/mol. The predicted octanol–water partition coefficient (Wildman–Crippen LogP) is 4.13. The highest BCUT2D eigenvalue weighted by molar-refractivity contribution is 7.99. The van der Waals surface area contributed by atoms with Crippen LogP contribution in [0.3, 0.4) is 0 Å². The molecule has 1 aliphatic heterocycles. The molecule has 1 aliphatic rings. The first kappa shape index (κ1) is 22.0. The van der Waals surface area contributed by atoms with E-state index in [1.165, 1.54) is 22.1 Å². The van der Waals surface area contributed by atoms with Crippen molar-refractivity contribution in [3.8, 4) is 0 Å². The fourth-order valence-corrected chi connectivity index (χ4v) is 5.69. The second-order valence-corrected chi connectivity index (χ2v) is 10.3. The highest BCUT2D eigenvalue weighted by Gasteiger charge is 2.28. The van der Waals surface area contributed by atoms with Gasteiger partial charge in [0.25, 0.3) is 0 Å². The van der Waals surface area contributed by atoms with E-state index < -0.39 is 10.0 Å². The van der Waals surface area contributed by atoms with Gasteiger partial charge in [-0.1, -0.05) is 12.1 Å². The van der Waals surface area contributed by atoms with E-state index in [1.54, 1.807) is 48.8 Å². The molecular weight excluding hydrogens is 444 g/mol. The maximum atomic E-state index is 12.4. The van der Waals surface area contributed by atoms with Crippen LogP contribution in [0.5, 0.6) is 0 Å². The molecule has 7 nitrogen and oxygen atoms in total. The summed E-state index contributed by atoms with van der Waals surface area (Å²) >= 11 is 1.46. The summed E-state index contributed by atoms with van der Waals surface area (Å²) in [4.78, 5) is 21.8. The van der Waals surface area contributed by atoms with Crippen LogP contribution >= 0.6 is 11.8 Å². The smallest absolute Gasteiger partial charge is 0.248 e. The van der Waals surface area contributed by atoms with Gasteiger partial charge in [-0.05, 0) is 78.7 Å². The zero-order chi connectivity index (χ0) is 22.6. The van der Waals surface area contributed by atoms with Crippen LogP contribution in [-0.4, -0.2) is 36.6 Å². The molecule has 0 atom stereocenters. The van der Waals surface area contributed by atoms with Crippen molar-refractivity contribution in [1.29, 1.82) is 0 Å². The highest BCUT2D eigenvalue weighted by atomic mass is 32.2. The molecule has 1 amide bonds. The number of carbonyl (C=O) groups is 1. The fourth-order valence-electron chi connectivity index (χ4n) is 3.31. The third-order valence-corrected chi connectivity index (χ3v) is 7.67. The molecule has 0 bridgehead atoms. The summed E-state index contributed by atoms with van der Waals surface area (Å²) in [5.74, 6) is -0.0559. The largest absolute Gasteiger partial charge is 0.322 e. The maximum Gasteiger partial charge on any atom is 0.248 e. The van der Waals surface area contributed by atoms with Crippen LogP contribution in [0, 0.1) is 6.92 Å². The van der Waals surface area contributed by atoms with Gasteiger partial charge < -0.3 is 5.32 Å². The van der Waals surface area contributed by atoms with Crippen molar-refractivity contribution in [1.82, 2.24) is 9.97 Å². The summed E-state index contributed by atoms with van der Waals surface area (Å²) in [6.07, 6.45) is 7.20. The van der Waals surface area contributed by atoms with Crippen molar-refractivity contribution in [2.75, 3.05) is 21.9 Å². The van der Waals surface area contributed by atoms with Gasteiger partial charge in [0, 0.05) is 35.6 Å². The number of sulfonamides is 1. The molecule has 2 heterocycles. The van der Waals surface area contributed by atoms with Crippen LogP contribution in [0.2, 0.25) is 0 Å². The van der Waals surface area contributed by atoms with Gasteiger partial charge in [0.15, 0.2) is 5.16 Å². The fraction of sp³-hybridized carbons (Fsp3) is 0.174. The topological polar surface area (TPSA) is 92.3 Å². The predicted molar refractivity (Wildman–Crippen MR) is 127 cm³/mol. The Kier molecular flexibility index (Phi) is 6.57. The zero-order valence-corrected chi connectivity index (χ0v) is 19.1. The van der Waals surface area contributed by atoms with Crippen molar-refractivity contribution in [3.05, 3.63) is 78.1 Å². The van der Waals surface area contributed by atoms with Gasteiger partial charge in [-0.15, -0.1) is 0 Å². The maximum absolute atomic E-state index is 12.4. The van der Waals surface area contributed by atoms with Gasteiger partial charge in [-0.3, -0.25) is 9.10 Å². The molecule has 9 heteroatoms. The van der Waals surface area contributed by atoms with Gasteiger partial charge in [0.05, 0.1) is 11.4 Å². The molecule has 0 saturated carbocycles. The van der Waals surface area contributed by atoms with Gasteiger partial charge in [0.1, 0.15) is 0 Å². The Labute approximate surface area is 191 Å². The molecule has 1 saturated heterocycles. The lowest BCUT2D eigenvalue weighted by Crippen LogP contribution is -2.24. The van der Waals surface area contributed by atoms with E-state index >= 15 is 0 Å². The minimum Gasteiger partial charge on any atom is -0.322 e. The van der Waals surface area contributed by atoms with Crippen LogP contribution in [0.1, 0.15) is 17.5 Å². The van der Waals surface area contributed by atoms with E-state index in [0.717, 1.165) is 21.7 Å². The molecule has 0 unspecified atom stereocenters. The van der Waals surface area contributed by atoms with Crippen LogP contribution in [0.15, 0.2) is 77.1 Å². The molecular formula is C23H22N4O3S2. The summed E-state index contributed by atoms with van der Waals surface area (Å²) in [5.41, 5.74) is 3.13. The Bertz CT molecular complexity index is 1240. The Morgan fingerprint density at radius 1 is 1.12 bits per heavy atom. The van der Waals surface area contributed by atoms with E-state index in [1.807, 2.05) is 25.1 Å². The summed E-state index contributed by atoms with van der Waals surface area (Å²) in [6, 6.07) is 14.6. The Morgan fingerprint density at radius 3 is 2.53 bits per heavy atom. The Morgan fingerprint density at radius 2 is 1.88 bits per heavy atom. The molecule has 0 spiro atoms. The standard InChI is InChI=1S/C23H22N4O3S2/c1-17-16-20(31-23-24-12-2-13-25-23)9-10-21(17)26-22(28)11-6-18-4-7-19(8-5-18)27-14-3-15-32(27,29)30/h2,4-13,16H,3,14-15H2,1H3,(H,26,28)/b11-6+. The number of carbonyl (C=O) groups excluding carboxylic acids is 1. The summed E-state index contributed by atoms with van der Waals surface area (Å²) in [7, 11) is -3.20. The van der Waals surface area contributed by atoms with E-state index in [-0.39, 0.29) is 11.7 Å². The first-order chi connectivity index (χ1) is 15.4. The highest BCUT2D eigenvalue weighted by Crippen LogP contribution is 2.28. The summed E-state index contributed by atoms with van der Waals surface area (Å²) in [6.45, 7) is 2.44. The quantitative estimate of drug-likeness (QED) is 0.434. The summed E-state index contributed by atoms with van der Waals surface area (Å²) in [5, 5.41) is 3.55. The van der Waals surface area contributed by atoms with Crippen molar-refractivity contribution < 1.29 is 13.2 Å². The van der Waals surface area contributed by atoms with E-state index in [2.05, 4.69) is 15.3 Å². The number of anilines is 2. The van der Waals surface area contributed by atoms with Crippen LogP contribution < -0.4 is 9.62 Å². The molecule has 1 aromatic heterocycles. The number of benzene rings is 2. The SMILES string of the molecule is Cc1cc(Sc2ncccn2)ccc1NC(=O)/C=C/c1ccc(N2CCCS2(=O)=O)cc1. The minimum absolute atomic E-state index is 0.188. The lowest BCUT2D eigenvalue weighted by atomic mass is 10.2. The second kappa shape index (κ2) is 9.54. The van der Waals surface area contributed by atoms with E-state index in [0.29, 0.717) is 23.8 Å². The lowest BCUT2D eigenvalue weighted by molar-refractivity contribution is -0.111. The number of hydrogen-bond acceptors (Lipinski definition) is 6. The molecule has 164 valence electrons. The molecule has 4 rings (SSSR count). The Balaban J connectivity index is 1.37. The van der Waals surface area contributed by atoms with E-state index in [9.17, 15) is 13.2 Å². The molecule has 0 aliphatic carbocycles. The number of hydrogen-bond donors (Lipinski definition) is 1. The molecule has 0 radical (unpaired) electrons. The van der Waals surface area contributed by atoms with Gasteiger partial charge in [-0.25, -0.2) is 18.4 Å². The molecule has 1 fully saturated rings. The van der Waals surface area contributed by atoms with Crippen LogP contribution in [0.25, 0.3) is 6.08 Å². The normalized spacial score (nSPS) is 15.2. The Hall–Kier alpha value is -3.17. The van der Waals surface area contributed by atoms with Crippen molar-refractivity contribution in [2.45, 2.75) is 23.4 Å². The van der Waals surface area contributed by atoms with Crippen molar-refractivity contribution in [2.24, 2.45) is 0 Å². The minimum atomic E-state index is -3.20. The molecule has 1 N–H and O–H groups in total. The van der Waals surface area contributed by atoms with Gasteiger partial charge in [0.2, 0.25) is 15.9 Å². The third kappa shape index (κ3) is 5.35. The number of aryl methyl sites for hydroxylation is 1. The average molecular weight is 467 g/mol. The van der Waals surface area contributed by atoms with E-state index in [4.69, 9.17) is 0 Å². The lowest BCUT2D eigenvalue weighted by Gasteiger charge is -2.16. The molecule has 32 heavy (non-hydrogen) atoms. The number of amides is 1.